The maximum Gasteiger partial charge on any atom is 0.317 e. The van der Waals surface area contributed by atoms with Crippen molar-refractivity contribution in [2.45, 2.75) is 12.8 Å². The van der Waals surface area contributed by atoms with Crippen molar-refractivity contribution in [1.29, 1.82) is 0 Å². The number of hydrogen-bond acceptors (Lipinski definition) is 4. The Morgan fingerprint density at radius 1 is 0.683 bits per heavy atom. The largest absolute Gasteiger partial charge is 0.480 e. The lowest BCUT2D eigenvalue weighted by Crippen LogP contribution is -2.31. The zero-order valence-electron chi connectivity index (χ0n) is 21.8. The Morgan fingerprint density at radius 3 is 1.34 bits per heavy atom. The summed E-state index contributed by atoms with van der Waals surface area (Å²) in [5, 5.41) is 22.9. The van der Waals surface area contributed by atoms with Crippen LogP contribution >= 0.6 is 23.2 Å². The van der Waals surface area contributed by atoms with E-state index in [1.807, 2.05) is 0 Å². The van der Waals surface area contributed by atoms with Gasteiger partial charge in [0.2, 0.25) is 0 Å². The van der Waals surface area contributed by atoms with Crippen molar-refractivity contribution in [3.8, 4) is 0 Å². The van der Waals surface area contributed by atoms with Crippen molar-refractivity contribution in [1.82, 2.24) is 0 Å². The molecule has 0 spiro atoms. The van der Waals surface area contributed by atoms with E-state index in [1.54, 1.807) is 97.1 Å². The van der Waals surface area contributed by atoms with Gasteiger partial charge in [-0.15, -0.1) is 0 Å². The SMILES string of the molecule is O=C(O)C1(Cc2ccccc2Cl)C=CC(/C=C/S(=O)(=O)/C=C/C2C=CC(Cc3ccccc3Cl)(C(=O)O)C=C2)C=C1. The van der Waals surface area contributed by atoms with E-state index in [1.165, 1.54) is 12.2 Å². The fourth-order valence-corrected chi connectivity index (χ4v) is 5.96. The van der Waals surface area contributed by atoms with Crippen molar-refractivity contribution >= 4 is 45.0 Å². The molecule has 2 aliphatic rings. The van der Waals surface area contributed by atoms with E-state index in [0.29, 0.717) is 21.2 Å². The van der Waals surface area contributed by atoms with E-state index in [0.717, 1.165) is 10.8 Å². The minimum atomic E-state index is -3.74. The van der Waals surface area contributed by atoms with Crippen LogP contribution in [0.1, 0.15) is 11.1 Å². The van der Waals surface area contributed by atoms with Gasteiger partial charge >= 0.3 is 11.9 Å². The highest BCUT2D eigenvalue weighted by atomic mass is 35.5. The third kappa shape index (κ3) is 7.36. The lowest BCUT2D eigenvalue weighted by Gasteiger charge is -2.26. The summed E-state index contributed by atoms with van der Waals surface area (Å²) >= 11 is 12.5. The van der Waals surface area contributed by atoms with Crippen LogP contribution in [0.4, 0.5) is 0 Å². The van der Waals surface area contributed by atoms with Crippen molar-refractivity contribution in [3.05, 3.63) is 141 Å². The predicted octanol–water partition coefficient (Wildman–Crippen LogP) is 6.85. The molecule has 0 fully saturated rings. The molecule has 0 saturated carbocycles. The molecule has 2 aromatic rings. The minimum absolute atomic E-state index is 0.163. The lowest BCUT2D eigenvalue weighted by atomic mass is 9.77. The standard InChI is InChI=1S/C32H28Cl2O6S/c33-27-7-3-1-5-25(27)21-31(29(35)36)15-9-23(10-16-31)13-19-41(39,40)20-14-24-11-17-32(18-12-24,30(37)38)22-26-6-2-4-8-28(26)34/h1-20,23-24H,21-22H2,(H,35,36)(H,37,38)/b19-13+,20-14+. The Hall–Kier alpha value is -3.65. The van der Waals surface area contributed by atoms with Gasteiger partial charge in [0, 0.05) is 32.7 Å². The van der Waals surface area contributed by atoms with Gasteiger partial charge in [0.15, 0.2) is 9.84 Å². The highest BCUT2D eigenvalue weighted by molar-refractivity contribution is 7.97. The molecule has 0 heterocycles. The minimum Gasteiger partial charge on any atom is -0.480 e. The number of sulfone groups is 1. The average Bonchev–Trinajstić information content (AvgIpc) is 2.95. The van der Waals surface area contributed by atoms with Gasteiger partial charge in [0.25, 0.3) is 0 Å². The molecule has 0 saturated heterocycles. The molecule has 0 bridgehead atoms. The number of rotatable bonds is 10. The predicted molar refractivity (Wildman–Crippen MR) is 161 cm³/mol. The number of carboxylic acids is 2. The van der Waals surface area contributed by atoms with Crippen molar-refractivity contribution in [2.75, 3.05) is 0 Å². The maximum atomic E-state index is 12.7. The van der Waals surface area contributed by atoms with Gasteiger partial charge in [-0.1, -0.05) is 120 Å². The normalized spacial score (nSPS) is 25.7. The molecule has 0 atom stereocenters. The first-order valence-electron chi connectivity index (χ1n) is 12.8. The Labute approximate surface area is 249 Å². The van der Waals surface area contributed by atoms with Crippen LogP contribution in [-0.2, 0) is 32.3 Å². The van der Waals surface area contributed by atoms with Crippen molar-refractivity contribution in [2.24, 2.45) is 22.7 Å². The first-order valence-corrected chi connectivity index (χ1v) is 15.1. The van der Waals surface area contributed by atoms with Gasteiger partial charge in [-0.05, 0) is 36.1 Å². The molecule has 0 unspecified atom stereocenters. The number of allylic oxidation sites excluding steroid dienone is 6. The van der Waals surface area contributed by atoms with Gasteiger partial charge in [0.05, 0.1) is 0 Å². The van der Waals surface area contributed by atoms with Gasteiger partial charge in [0.1, 0.15) is 10.8 Å². The quantitative estimate of drug-likeness (QED) is 0.285. The number of carboxylic acid groups (broad SMARTS) is 2. The summed E-state index contributed by atoms with van der Waals surface area (Å²) in [5.74, 6) is -2.88. The summed E-state index contributed by atoms with van der Waals surface area (Å²) in [4.78, 5) is 24.2. The van der Waals surface area contributed by atoms with Gasteiger partial charge in [-0.3, -0.25) is 9.59 Å². The van der Waals surface area contributed by atoms with Crippen molar-refractivity contribution < 1.29 is 28.2 Å². The van der Waals surface area contributed by atoms with E-state index in [2.05, 4.69) is 0 Å². The molecule has 41 heavy (non-hydrogen) atoms. The molecule has 9 heteroatoms. The highest BCUT2D eigenvalue weighted by Crippen LogP contribution is 2.36. The fraction of sp³-hybridized carbons (Fsp3) is 0.188. The smallest absolute Gasteiger partial charge is 0.317 e. The molecule has 2 aliphatic carbocycles. The molecule has 4 rings (SSSR count). The molecule has 2 N–H and O–H groups in total. The molecule has 0 amide bonds. The molecule has 2 aromatic carbocycles. The average molecular weight is 612 g/mol. The lowest BCUT2D eigenvalue weighted by molar-refractivity contribution is -0.144. The second kappa shape index (κ2) is 12.5. The molecule has 0 aromatic heterocycles. The summed E-state index contributed by atoms with van der Waals surface area (Å²) < 4.78 is 25.3. The first kappa shape index (κ1) is 30.3. The van der Waals surface area contributed by atoms with Crippen LogP contribution in [0.15, 0.2) is 120 Å². The number of hydrogen-bond donors (Lipinski definition) is 2. The van der Waals surface area contributed by atoms with Crippen LogP contribution in [0.2, 0.25) is 10.0 Å². The van der Waals surface area contributed by atoms with Gasteiger partial charge < -0.3 is 10.2 Å². The Kier molecular flexibility index (Phi) is 9.22. The van der Waals surface area contributed by atoms with E-state index in [-0.39, 0.29) is 12.8 Å². The third-order valence-corrected chi connectivity index (χ3v) is 8.93. The van der Waals surface area contributed by atoms with E-state index in [9.17, 15) is 28.2 Å². The Morgan fingerprint density at radius 2 is 1.02 bits per heavy atom. The molecular weight excluding hydrogens is 583 g/mol. The van der Waals surface area contributed by atoms with Crippen molar-refractivity contribution in [3.63, 3.8) is 0 Å². The topological polar surface area (TPSA) is 109 Å². The van der Waals surface area contributed by atoms with E-state index < -0.39 is 44.4 Å². The molecule has 212 valence electrons. The molecular formula is C32H28Cl2O6S. The fourth-order valence-electron chi connectivity index (χ4n) is 4.66. The van der Waals surface area contributed by atoms with Gasteiger partial charge in [-0.2, -0.15) is 0 Å². The monoisotopic (exact) mass is 610 g/mol. The van der Waals surface area contributed by atoms with Crippen LogP contribution in [0.25, 0.3) is 0 Å². The highest BCUT2D eigenvalue weighted by Gasteiger charge is 2.37. The van der Waals surface area contributed by atoms with Crippen LogP contribution in [0.3, 0.4) is 0 Å². The van der Waals surface area contributed by atoms with Crippen LogP contribution in [0.5, 0.6) is 0 Å². The zero-order chi connectivity index (χ0) is 29.7. The summed E-state index contributed by atoms with van der Waals surface area (Å²) in [5.41, 5.74) is -1.18. The van der Waals surface area contributed by atoms with Crippen LogP contribution in [-0.4, -0.2) is 30.6 Å². The molecule has 0 aliphatic heterocycles. The van der Waals surface area contributed by atoms with Crippen LogP contribution in [0, 0.1) is 22.7 Å². The molecule has 0 radical (unpaired) electrons. The number of aliphatic carboxylic acids is 2. The zero-order valence-corrected chi connectivity index (χ0v) is 24.1. The Bertz CT molecular complexity index is 1470. The summed E-state index contributed by atoms with van der Waals surface area (Å²) in [6.45, 7) is 0. The van der Waals surface area contributed by atoms with Crippen LogP contribution < -0.4 is 0 Å². The number of benzene rings is 2. The summed E-state index contributed by atoms with van der Waals surface area (Å²) in [6.07, 6.45) is 16.1. The summed E-state index contributed by atoms with van der Waals surface area (Å²) in [6, 6.07) is 14.1. The van der Waals surface area contributed by atoms with E-state index in [4.69, 9.17) is 23.2 Å². The number of carbonyl (C=O) groups is 2. The summed E-state index contributed by atoms with van der Waals surface area (Å²) in [7, 11) is -3.74. The second-order valence-corrected chi connectivity index (χ2v) is 12.6. The van der Waals surface area contributed by atoms with Gasteiger partial charge in [-0.25, -0.2) is 8.42 Å². The second-order valence-electron chi connectivity index (χ2n) is 10.1. The Balaban J connectivity index is 1.41. The maximum absolute atomic E-state index is 12.7. The van der Waals surface area contributed by atoms with E-state index >= 15 is 0 Å². The third-order valence-electron chi connectivity index (χ3n) is 7.12. The first-order chi connectivity index (χ1) is 19.4. The molecule has 6 nitrogen and oxygen atoms in total. The number of halogens is 2.